The molecular weight excluding hydrogens is 143 g/mol. The molecule has 0 N–H and O–H groups in total. The zero-order valence-corrected chi connectivity index (χ0v) is 7.34. The number of nitriles is 1. The molecule has 0 saturated carbocycles. The molecule has 11 heavy (non-hydrogen) atoms. The molecule has 1 rings (SSSR count). The molecule has 2 unspecified atom stereocenters. The molecule has 0 aromatic carbocycles. The maximum Gasteiger partial charge on any atom is 0.179 e. The zero-order valence-electron chi connectivity index (χ0n) is 7.34. The Labute approximate surface area is 67.6 Å². The highest BCUT2D eigenvalue weighted by atomic mass is 19.1. The third-order valence-corrected chi connectivity index (χ3v) is 1.79. The fourth-order valence-corrected chi connectivity index (χ4v) is 1.04. The van der Waals surface area contributed by atoms with Gasteiger partial charge in [-0.1, -0.05) is 13.8 Å². The van der Waals surface area contributed by atoms with Crippen LogP contribution in [0.5, 0.6) is 0 Å². The van der Waals surface area contributed by atoms with Crippen LogP contribution in [0, 0.1) is 11.5 Å². The Balaban J connectivity index is 0.000000461. The van der Waals surface area contributed by atoms with E-state index in [2.05, 4.69) is 0 Å². The van der Waals surface area contributed by atoms with Gasteiger partial charge >= 0.3 is 0 Å². The Kier molecular flexibility index (Phi) is 4.60. The molecule has 1 aliphatic rings. The Morgan fingerprint density at radius 1 is 1.55 bits per heavy atom. The van der Waals surface area contributed by atoms with Crippen LogP contribution < -0.4 is 0 Å². The summed E-state index contributed by atoms with van der Waals surface area (Å²) >= 11 is 0. The van der Waals surface area contributed by atoms with Gasteiger partial charge in [-0.15, -0.1) is 0 Å². The van der Waals surface area contributed by atoms with E-state index in [9.17, 15) is 4.39 Å². The Morgan fingerprint density at radius 2 is 2.09 bits per heavy atom. The first-order valence-electron chi connectivity index (χ1n) is 4.06. The maximum atomic E-state index is 12.6. The summed E-state index contributed by atoms with van der Waals surface area (Å²) in [5.74, 6) is 0. The summed E-state index contributed by atoms with van der Waals surface area (Å²) < 4.78 is 12.6. The number of halogens is 1. The molecule has 0 aromatic rings. The monoisotopic (exact) mass is 158 g/mol. The van der Waals surface area contributed by atoms with Gasteiger partial charge in [-0.05, 0) is 13.3 Å². The summed E-state index contributed by atoms with van der Waals surface area (Å²) in [4.78, 5) is 1.48. The molecule has 1 saturated heterocycles. The van der Waals surface area contributed by atoms with Crippen molar-refractivity contribution < 1.29 is 4.39 Å². The van der Waals surface area contributed by atoms with E-state index in [0.717, 1.165) is 0 Å². The normalized spacial score (nSPS) is 28.8. The molecule has 0 spiro atoms. The lowest BCUT2D eigenvalue weighted by molar-refractivity contribution is 0.262. The lowest BCUT2D eigenvalue weighted by atomic mass is 10.2. The van der Waals surface area contributed by atoms with Crippen LogP contribution in [-0.2, 0) is 0 Å². The molecule has 2 atom stereocenters. The van der Waals surface area contributed by atoms with Crippen LogP contribution in [0.3, 0.4) is 0 Å². The quantitative estimate of drug-likeness (QED) is 0.504. The highest BCUT2D eigenvalue weighted by Crippen LogP contribution is 2.18. The largest absolute Gasteiger partial charge is 0.305 e. The van der Waals surface area contributed by atoms with Crippen LogP contribution in [0.2, 0.25) is 0 Å². The second kappa shape index (κ2) is 4.95. The van der Waals surface area contributed by atoms with Crippen molar-refractivity contribution in [3.8, 4) is 6.19 Å². The van der Waals surface area contributed by atoms with E-state index in [1.807, 2.05) is 20.0 Å². The highest BCUT2D eigenvalue weighted by Gasteiger charge is 2.29. The molecule has 0 aromatic heterocycles. The molecule has 2 nitrogen and oxygen atoms in total. The van der Waals surface area contributed by atoms with Crippen molar-refractivity contribution in [1.29, 1.82) is 5.26 Å². The highest BCUT2D eigenvalue weighted by molar-refractivity contribution is 4.90. The Hall–Kier alpha value is -0.780. The van der Waals surface area contributed by atoms with Gasteiger partial charge in [-0.25, -0.2) is 4.39 Å². The van der Waals surface area contributed by atoms with Crippen molar-refractivity contribution in [3.05, 3.63) is 0 Å². The zero-order chi connectivity index (χ0) is 8.85. The molecule has 64 valence electrons. The number of rotatable bonds is 0. The number of likely N-dealkylation sites (tertiary alicyclic amines) is 1. The summed E-state index contributed by atoms with van der Waals surface area (Å²) in [5.41, 5.74) is 0. The number of alkyl halides is 1. The second-order valence-corrected chi connectivity index (χ2v) is 2.34. The van der Waals surface area contributed by atoms with Gasteiger partial charge < -0.3 is 4.90 Å². The van der Waals surface area contributed by atoms with Gasteiger partial charge in [0.2, 0.25) is 0 Å². The van der Waals surface area contributed by atoms with E-state index in [-0.39, 0.29) is 6.04 Å². The third kappa shape index (κ3) is 2.38. The average Bonchev–Trinajstić information content (AvgIpc) is 2.37. The first kappa shape index (κ1) is 10.2. The summed E-state index contributed by atoms with van der Waals surface area (Å²) in [6.45, 7) is 6.32. The SMILES string of the molecule is CC.CC1C(F)CCN1C#N. The topological polar surface area (TPSA) is 27.0 Å². The van der Waals surface area contributed by atoms with Gasteiger partial charge in [0.25, 0.3) is 0 Å². The van der Waals surface area contributed by atoms with Crippen LogP contribution in [-0.4, -0.2) is 23.7 Å². The predicted octanol–water partition coefficient (Wildman–Crippen LogP) is 1.93. The van der Waals surface area contributed by atoms with Gasteiger partial charge in [0.1, 0.15) is 6.17 Å². The minimum absolute atomic E-state index is 0.199. The molecule has 1 heterocycles. The van der Waals surface area contributed by atoms with Crippen molar-refractivity contribution in [2.24, 2.45) is 0 Å². The fourth-order valence-electron chi connectivity index (χ4n) is 1.04. The van der Waals surface area contributed by atoms with Crippen molar-refractivity contribution in [2.45, 2.75) is 39.4 Å². The molecule has 0 bridgehead atoms. The fraction of sp³-hybridized carbons (Fsp3) is 0.875. The standard InChI is InChI=1S/C6H9FN2.C2H6/c1-5-6(7)2-3-9(5)4-8;1-2/h5-6H,2-3H2,1H3;1-2H3. The van der Waals surface area contributed by atoms with Crippen LogP contribution in [0.1, 0.15) is 27.2 Å². The summed E-state index contributed by atoms with van der Waals surface area (Å²) in [5, 5.41) is 8.36. The van der Waals surface area contributed by atoms with E-state index in [0.29, 0.717) is 13.0 Å². The summed E-state index contributed by atoms with van der Waals surface area (Å²) in [7, 11) is 0. The molecular formula is C8H15FN2. The van der Waals surface area contributed by atoms with Crippen LogP contribution in [0.15, 0.2) is 0 Å². The summed E-state index contributed by atoms with van der Waals surface area (Å²) in [6, 6.07) is -0.199. The first-order valence-corrected chi connectivity index (χ1v) is 4.06. The second-order valence-electron chi connectivity index (χ2n) is 2.34. The number of hydrogen-bond acceptors (Lipinski definition) is 2. The van der Waals surface area contributed by atoms with E-state index in [1.54, 1.807) is 6.92 Å². The Morgan fingerprint density at radius 3 is 2.27 bits per heavy atom. The van der Waals surface area contributed by atoms with Crippen molar-refractivity contribution in [2.75, 3.05) is 6.54 Å². The van der Waals surface area contributed by atoms with Gasteiger partial charge in [0, 0.05) is 6.54 Å². The molecule has 0 aliphatic carbocycles. The molecule has 0 radical (unpaired) electrons. The minimum Gasteiger partial charge on any atom is -0.305 e. The van der Waals surface area contributed by atoms with Gasteiger partial charge in [-0.2, -0.15) is 5.26 Å². The van der Waals surface area contributed by atoms with Crippen molar-refractivity contribution in [1.82, 2.24) is 4.90 Å². The van der Waals surface area contributed by atoms with Crippen LogP contribution in [0.4, 0.5) is 4.39 Å². The van der Waals surface area contributed by atoms with Crippen LogP contribution >= 0.6 is 0 Å². The van der Waals surface area contributed by atoms with Crippen molar-refractivity contribution >= 4 is 0 Å². The lowest BCUT2D eigenvalue weighted by Gasteiger charge is -2.12. The molecule has 1 aliphatic heterocycles. The maximum absolute atomic E-state index is 12.6. The predicted molar refractivity (Wildman–Crippen MR) is 42.6 cm³/mol. The van der Waals surface area contributed by atoms with Crippen molar-refractivity contribution in [3.63, 3.8) is 0 Å². The van der Waals surface area contributed by atoms with E-state index in [4.69, 9.17) is 5.26 Å². The smallest absolute Gasteiger partial charge is 0.179 e. The third-order valence-electron chi connectivity index (χ3n) is 1.79. The van der Waals surface area contributed by atoms with E-state index < -0.39 is 6.17 Å². The first-order chi connectivity index (χ1) is 5.25. The molecule has 1 fully saturated rings. The van der Waals surface area contributed by atoms with Crippen LogP contribution in [0.25, 0.3) is 0 Å². The minimum atomic E-state index is -0.801. The molecule has 0 amide bonds. The van der Waals surface area contributed by atoms with Gasteiger partial charge in [0.15, 0.2) is 6.19 Å². The number of hydrogen-bond donors (Lipinski definition) is 0. The average molecular weight is 158 g/mol. The molecule has 3 heteroatoms. The van der Waals surface area contributed by atoms with Gasteiger partial charge in [0.05, 0.1) is 6.04 Å². The Bertz CT molecular complexity index is 142. The van der Waals surface area contributed by atoms with E-state index in [1.165, 1.54) is 4.90 Å². The van der Waals surface area contributed by atoms with Gasteiger partial charge in [-0.3, -0.25) is 0 Å². The summed E-state index contributed by atoms with van der Waals surface area (Å²) in [6.07, 6.45) is 1.64. The number of nitrogens with zero attached hydrogens (tertiary/aromatic N) is 2. The van der Waals surface area contributed by atoms with E-state index >= 15 is 0 Å². The lowest BCUT2D eigenvalue weighted by Crippen LogP contribution is -2.25.